The molecule has 0 atom stereocenters. The van der Waals surface area contributed by atoms with Crippen LogP contribution >= 0.6 is 0 Å². The van der Waals surface area contributed by atoms with Crippen LogP contribution in [0.3, 0.4) is 0 Å². The molecule has 3 N–H and O–H groups in total. The average Bonchev–Trinajstić information content (AvgIpc) is 3.10. The number of methoxy groups -OCH3 is 1. The van der Waals surface area contributed by atoms with Gasteiger partial charge in [-0.25, -0.2) is 4.98 Å². The molecule has 1 aromatic heterocycles. The topological polar surface area (TPSA) is 138 Å². The van der Waals surface area contributed by atoms with Crippen molar-refractivity contribution in [1.29, 1.82) is 0 Å². The van der Waals surface area contributed by atoms with Gasteiger partial charge in [0.05, 0.1) is 7.11 Å². The number of likely N-dealkylation sites (N-methyl/N-ethyl adjacent to an activating group) is 2. The van der Waals surface area contributed by atoms with Crippen molar-refractivity contribution in [3.8, 4) is 17.4 Å². The molecule has 0 spiro atoms. The highest BCUT2D eigenvalue weighted by atomic mass is 16.5. The number of rotatable bonds is 15. The second-order valence-corrected chi connectivity index (χ2v) is 12.2. The standard InChI is InChI=1S/C38H47N7O5/c1-9-45(10-2)21-20-44(7)37(48)27-14-17-29(18-15-27)41-38-39-23-30(35(47)42-33-25(5)12-11-13-26(33)6)36(43-38)50-31-19-16-28(22-32(31)49-8)34(46)40-24(3)4/h11-19,22-24H,9-10,20-21H2,1-8H3,(H,40,46)(H,42,47)(H,39,41,43). The smallest absolute Gasteiger partial charge is 0.262 e. The fraction of sp³-hybridized carbons (Fsp3) is 0.342. The summed E-state index contributed by atoms with van der Waals surface area (Å²) in [7, 11) is 3.26. The van der Waals surface area contributed by atoms with E-state index in [2.05, 4.69) is 44.7 Å². The molecule has 4 aromatic rings. The first-order valence-electron chi connectivity index (χ1n) is 16.7. The molecule has 0 saturated carbocycles. The lowest BCUT2D eigenvalue weighted by Gasteiger charge is -2.23. The number of anilines is 3. The summed E-state index contributed by atoms with van der Waals surface area (Å²) in [4.78, 5) is 52.3. The minimum absolute atomic E-state index is 0.0365. The van der Waals surface area contributed by atoms with Gasteiger partial charge in [-0.1, -0.05) is 32.0 Å². The van der Waals surface area contributed by atoms with Crippen molar-refractivity contribution in [3.63, 3.8) is 0 Å². The van der Waals surface area contributed by atoms with Crippen molar-refractivity contribution >= 4 is 35.0 Å². The normalized spacial score (nSPS) is 10.9. The molecule has 0 unspecified atom stereocenters. The number of amides is 3. The summed E-state index contributed by atoms with van der Waals surface area (Å²) >= 11 is 0. The maximum Gasteiger partial charge on any atom is 0.262 e. The SMILES string of the molecule is CCN(CC)CCN(C)C(=O)c1ccc(Nc2ncc(C(=O)Nc3c(C)cccc3C)c(Oc3ccc(C(=O)NC(C)C)cc3OC)n2)cc1. The predicted octanol–water partition coefficient (Wildman–Crippen LogP) is 6.44. The molecule has 0 aliphatic carbocycles. The summed E-state index contributed by atoms with van der Waals surface area (Å²) in [5.41, 5.74) is 4.12. The number of benzene rings is 3. The van der Waals surface area contributed by atoms with Gasteiger partial charge in [0.1, 0.15) is 5.56 Å². The van der Waals surface area contributed by atoms with E-state index in [1.807, 2.05) is 45.9 Å². The highest BCUT2D eigenvalue weighted by Gasteiger charge is 2.21. The minimum Gasteiger partial charge on any atom is -0.493 e. The van der Waals surface area contributed by atoms with Gasteiger partial charge in [0.15, 0.2) is 11.5 Å². The van der Waals surface area contributed by atoms with Crippen LogP contribution in [-0.2, 0) is 0 Å². The Morgan fingerprint density at radius 2 is 1.52 bits per heavy atom. The molecule has 0 bridgehead atoms. The maximum absolute atomic E-state index is 13.7. The highest BCUT2D eigenvalue weighted by molar-refractivity contribution is 6.06. The second kappa shape index (κ2) is 17.3. The van der Waals surface area contributed by atoms with Crippen LogP contribution in [0.2, 0.25) is 0 Å². The van der Waals surface area contributed by atoms with Crippen LogP contribution in [0.1, 0.15) is 69.9 Å². The molecule has 12 heteroatoms. The molecule has 0 aliphatic rings. The van der Waals surface area contributed by atoms with Crippen molar-refractivity contribution in [2.75, 3.05) is 51.0 Å². The number of para-hydroxylation sites is 1. The number of nitrogens with zero attached hydrogens (tertiary/aromatic N) is 4. The summed E-state index contributed by atoms with van der Waals surface area (Å²) < 4.78 is 11.8. The van der Waals surface area contributed by atoms with Crippen molar-refractivity contribution in [2.24, 2.45) is 0 Å². The quantitative estimate of drug-likeness (QED) is 0.129. The Hall–Kier alpha value is -5.49. The van der Waals surface area contributed by atoms with E-state index < -0.39 is 5.91 Å². The van der Waals surface area contributed by atoms with E-state index in [0.29, 0.717) is 29.0 Å². The molecule has 264 valence electrons. The summed E-state index contributed by atoms with van der Waals surface area (Å²) in [6, 6.07) is 17.5. The molecular weight excluding hydrogens is 634 g/mol. The zero-order valence-corrected chi connectivity index (χ0v) is 30.1. The van der Waals surface area contributed by atoms with Crippen LogP contribution < -0.4 is 25.4 Å². The lowest BCUT2D eigenvalue weighted by molar-refractivity contribution is 0.0779. The number of aromatic nitrogens is 2. The first-order chi connectivity index (χ1) is 23.9. The molecule has 12 nitrogen and oxygen atoms in total. The minimum atomic E-state index is -0.469. The molecule has 3 aromatic carbocycles. The molecule has 4 rings (SSSR count). The van der Waals surface area contributed by atoms with Gasteiger partial charge in [-0.3, -0.25) is 14.4 Å². The van der Waals surface area contributed by atoms with Gasteiger partial charge < -0.3 is 35.2 Å². The highest BCUT2D eigenvalue weighted by Crippen LogP contribution is 2.34. The van der Waals surface area contributed by atoms with E-state index in [0.717, 1.165) is 30.8 Å². The van der Waals surface area contributed by atoms with Gasteiger partial charge >= 0.3 is 0 Å². The fourth-order valence-electron chi connectivity index (χ4n) is 5.17. The predicted molar refractivity (Wildman–Crippen MR) is 196 cm³/mol. The van der Waals surface area contributed by atoms with E-state index >= 15 is 0 Å². The number of carbonyl (C=O) groups is 3. The molecule has 50 heavy (non-hydrogen) atoms. The molecule has 1 heterocycles. The molecule has 0 fully saturated rings. The van der Waals surface area contributed by atoms with E-state index in [1.54, 1.807) is 54.4 Å². The number of carbonyl (C=O) groups excluding carboxylic acids is 3. The van der Waals surface area contributed by atoms with Gasteiger partial charge in [-0.2, -0.15) is 4.98 Å². The Balaban J connectivity index is 1.61. The lowest BCUT2D eigenvalue weighted by Crippen LogP contribution is -2.36. The van der Waals surface area contributed by atoms with Crippen LogP contribution in [0.5, 0.6) is 17.4 Å². The van der Waals surface area contributed by atoms with Crippen molar-refractivity contribution < 1.29 is 23.9 Å². The summed E-state index contributed by atoms with van der Waals surface area (Å²) in [5.74, 6) is -0.159. The largest absolute Gasteiger partial charge is 0.493 e. The summed E-state index contributed by atoms with van der Waals surface area (Å²) in [5, 5.41) is 8.96. The Kier molecular flexibility index (Phi) is 12.9. The average molecular weight is 682 g/mol. The van der Waals surface area contributed by atoms with E-state index in [9.17, 15) is 14.4 Å². The molecule has 0 saturated heterocycles. The van der Waals surface area contributed by atoms with Gasteiger partial charge in [0, 0.05) is 54.9 Å². The third-order valence-electron chi connectivity index (χ3n) is 8.15. The molecule has 3 amide bonds. The van der Waals surface area contributed by atoms with Gasteiger partial charge in [-0.05, 0) is 94.4 Å². The van der Waals surface area contributed by atoms with E-state index in [-0.39, 0.29) is 46.7 Å². The van der Waals surface area contributed by atoms with Crippen molar-refractivity contribution in [1.82, 2.24) is 25.1 Å². The van der Waals surface area contributed by atoms with Crippen molar-refractivity contribution in [2.45, 2.75) is 47.6 Å². The monoisotopic (exact) mass is 681 g/mol. The fourth-order valence-corrected chi connectivity index (χ4v) is 5.17. The molecule has 0 aliphatic heterocycles. The number of hydrogen-bond donors (Lipinski definition) is 3. The Labute approximate surface area is 294 Å². The number of aryl methyl sites for hydroxylation is 2. The first kappa shape index (κ1) is 37.3. The Morgan fingerprint density at radius 3 is 2.14 bits per heavy atom. The Bertz CT molecular complexity index is 1790. The number of hydrogen-bond acceptors (Lipinski definition) is 9. The van der Waals surface area contributed by atoms with E-state index in [1.165, 1.54) is 13.3 Å². The van der Waals surface area contributed by atoms with Crippen LogP contribution in [-0.4, -0.2) is 83.9 Å². The maximum atomic E-state index is 13.7. The lowest BCUT2D eigenvalue weighted by atomic mass is 10.1. The van der Waals surface area contributed by atoms with Gasteiger partial charge in [-0.15, -0.1) is 0 Å². The van der Waals surface area contributed by atoms with E-state index in [4.69, 9.17) is 9.47 Å². The van der Waals surface area contributed by atoms with Crippen LogP contribution in [0.25, 0.3) is 0 Å². The third kappa shape index (κ3) is 9.56. The van der Waals surface area contributed by atoms with Crippen LogP contribution in [0.15, 0.2) is 66.9 Å². The molecular formula is C38H47N7O5. The van der Waals surface area contributed by atoms with Gasteiger partial charge in [0.2, 0.25) is 11.8 Å². The number of ether oxygens (including phenoxy) is 2. The molecule has 0 radical (unpaired) electrons. The van der Waals surface area contributed by atoms with Crippen LogP contribution in [0.4, 0.5) is 17.3 Å². The van der Waals surface area contributed by atoms with Crippen LogP contribution in [0, 0.1) is 13.8 Å². The summed E-state index contributed by atoms with van der Waals surface area (Å²) in [6.07, 6.45) is 1.38. The number of nitrogens with one attached hydrogen (secondary N) is 3. The summed E-state index contributed by atoms with van der Waals surface area (Å²) in [6.45, 7) is 15.1. The third-order valence-corrected chi connectivity index (χ3v) is 8.15. The van der Waals surface area contributed by atoms with Gasteiger partial charge in [0.25, 0.3) is 17.7 Å². The zero-order chi connectivity index (χ0) is 36.4. The first-order valence-corrected chi connectivity index (χ1v) is 16.7. The van der Waals surface area contributed by atoms with Crippen molar-refractivity contribution in [3.05, 3.63) is 94.7 Å². The zero-order valence-electron chi connectivity index (χ0n) is 30.1. The second-order valence-electron chi connectivity index (χ2n) is 12.2. The Morgan fingerprint density at radius 1 is 0.860 bits per heavy atom.